The number of fused-ring (bicyclic) bond motifs is 1. The molecule has 0 aliphatic rings. The number of carbonyl (C=O) groups excluding carboxylic acids is 3. The van der Waals surface area contributed by atoms with Gasteiger partial charge in [-0.2, -0.15) is 0 Å². The third-order valence-corrected chi connectivity index (χ3v) is 6.55. The third kappa shape index (κ3) is 5.61. The number of carbonyl (C=O) groups is 3. The van der Waals surface area contributed by atoms with E-state index >= 15 is 0 Å². The number of Topliss-reactive ketones (excluding diaryl/α,β-unsaturated/α-hetero) is 1. The van der Waals surface area contributed by atoms with E-state index in [4.69, 9.17) is 0 Å². The number of ketones is 1. The maximum absolute atomic E-state index is 14.1. The molecule has 0 bridgehead atoms. The maximum atomic E-state index is 14.1. The summed E-state index contributed by atoms with van der Waals surface area (Å²) in [7, 11) is 0. The molecule has 196 valence electrons. The van der Waals surface area contributed by atoms with Crippen molar-refractivity contribution in [3.63, 3.8) is 0 Å². The molecule has 1 unspecified atom stereocenters. The Balaban J connectivity index is 1.88. The van der Waals surface area contributed by atoms with Crippen LogP contribution in [0.4, 0.5) is 10.1 Å². The van der Waals surface area contributed by atoms with Gasteiger partial charge in [-0.1, -0.05) is 48.5 Å². The highest BCUT2D eigenvalue weighted by atomic mass is 19.1. The second-order valence-electron chi connectivity index (χ2n) is 9.75. The number of benzene rings is 3. The summed E-state index contributed by atoms with van der Waals surface area (Å²) in [4.78, 5) is 41.9. The number of rotatable bonds is 9. The zero-order chi connectivity index (χ0) is 27.4. The Kier molecular flexibility index (Phi) is 7.66. The SMILES string of the molecule is CCC(C)(C)NC(=O)C(c1ccc(F)cc1)N(C(=O)Cn1nnc2ccccc21)c1ccccc1C(C)=O. The minimum absolute atomic E-state index is 0.241. The first-order valence-corrected chi connectivity index (χ1v) is 12.4. The molecule has 4 rings (SSSR count). The van der Waals surface area contributed by atoms with Crippen molar-refractivity contribution in [2.75, 3.05) is 4.90 Å². The van der Waals surface area contributed by atoms with Gasteiger partial charge in [-0.25, -0.2) is 9.07 Å². The molecule has 0 saturated carbocycles. The molecule has 0 fully saturated rings. The van der Waals surface area contributed by atoms with Crippen molar-refractivity contribution < 1.29 is 18.8 Å². The quantitative estimate of drug-likeness (QED) is 0.321. The van der Waals surface area contributed by atoms with Crippen LogP contribution in [-0.4, -0.2) is 38.1 Å². The molecular formula is C29H30FN5O3. The van der Waals surface area contributed by atoms with Crippen LogP contribution in [0.25, 0.3) is 11.0 Å². The highest BCUT2D eigenvalue weighted by Gasteiger charge is 2.36. The molecule has 0 aliphatic carbocycles. The summed E-state index contributed by atoms with van der Waals surface area (Å²) >= 11 is 0. The van der Waals surface area contributed by atoms with E-state index in [0.29, 0.717) is 23.0 Å². The predicted octanol–water partition coefficient (Wildman–Crippen LogP) is 4.85. The van der Waals surface area contributed by atoms with Crippen molar-refractivity contribution in [3.8, 4) is 0 Å². The summed E-state index contributed by atoms with van der Waals surface area (Å²) in [5, 5.41) is 11.3. The molecular weight excluding hydrogens is 485 g/mol. The number of nitrogens with zero attached hydrogens (tertiary/aromatic N) is 4. The number of aromatic nitrogens is 3. The molecule has 2 amide bonds. The Bertz CT molecular complexity index is 1480. The molecule has 8 nitrogen and oxygen atoms in total. The minimum Gasteiger partial charge on any atom is -0.349 e. The van der Waals surface area contributed by atoms with Gasteiger partial charge in [0.15, 0.2) is 5.78 Å². The minimum atomic E-state index is -1.19. The first-order valence-electron chi connectivity index (χ1n) is 12.4. The molecule has 0 radical (unpaired) electrons. The molecule has 1 atom stereocenters. The van der Waals surface area contributed by atoms with E-state index < -0.39 is 29.2 Å². The van der Waals surface area contributed by atoms with E-state index in [9.17, 15) is 18.8 Å². The number of nitrogens with one attached hydrogen (secondary N) is 1. The molecule has 1 aromatic heterocycles. The lowest BCUT2D eigenvalue weighted by Gasteiger charge is -2.35. The highest BCUT2D eigenvalue weighted by Crippen LogP contribution is 2.32. The summed E-state index contributed by atoms with van der Waals surface area (Å²) in [6, 6.07) is 18.1. The number of hydrogen-bond donors (Lipinski definition) is 1. The second-order valence-corrected chi connectivity index (χ2v) is 9.75. The summed E-state index contributed by atoms with van der Waals surface area (Å²) in [6.45, 7) is 6.86. The van der Waals surface area contributed by atoms with Gasteiger partial charge in [0.05, 0.1) is 11.2 Å². The van der Waals surface area contributed by atoms with Crippen LogP contribution in [-0.2, 0) is 16.1 Å². The van der Waals surface area contributed by atoms with Crippen molar-refractivity contribution in [1.29, 1.82) is 0 Å². The van der Waals surface area contributed by atoms with Crippen molar-refractivity contribution in [2.24, 2.45) is 0 Å². The Morgan fingerprint density at radius 2 is 1.66 bits per heavy atom. The average Bonchev–Trinajstić information content (AvgIpc) is 3.30. The average molecular weight is 516 g/mol. The van der Waals surface area contributed by atoms with Crippen LogP contribution in [0.2, 0.25) is 0 Å². The molecule has 38 heavy (non-hydrogen) atoms. The molecule has 1 heterocycles. The molecule has 0 aliphatic heterocycles. The number of hydrogen-bond acceptors (Lipinski definition) is 5. The van der Waals surface area contributed by atoms with Crippen LogP contribution < -0.4 is 10.2 Å². The largest absolute Gasteiger partial charge is 0.349 e. The van der Waals surface area contributed by atoms with E-state index in [1.54, 1.807) is 36.4 Å². The van der Waals surface area contributed by atoms with Gasteiger partial charge in [-0.3, -0.25) is 19.3 Å². The number of halogens is 1. The lowest BCUT2D eigenvalue weighted by molar-refractivity contribution is -0.128. The van der Waals surface area contributed by atoms with Gasteiger partial charge in [0, 0.05) is 11.1 Å². The number of amides is 2. The zero-order valence-electron chi connectivity index (χ0n) is 21.8. The van der Waals surface area contributed by atoms with E-state index in [1.807, 2.05) is 32.9 Å². The number of anilines is 1. The van der Waals surface area contributed by atoms with Gasteiger partial charge in [0.2, 0.25) is 11.8 Å². The maximum Gasteiger partial charge on any atom is 0.249 e. The van der Waals surface area contributed by atoms with Crippen molar-refractivity contribution >= 4 is 34.3 Å². The monoisotopic (exact) mass is 515 g/mol. The Labute approximate surface area is 220 Å². The zero-order valence-corrected chi connectivity index (χ0v) is 21.8. The van der Waals surface area contributed by atoms with Crippen LogP contribution in [0.5, 0.6) is 0 Å². The van der Waals surface area contributed by atoms with Crippen LogP contribution in [0.15, 0.2) is 72.8 Å². The third-order valence-electron chi connectivity index (χ3n) is 6.55. The lowest BCUT2D eigenvalue weighted by atomic mass is 9.97. The Morgan fingerprint density at radius 3 is 2.34 bits per heavy atom. The first kappa shape index (κ1) is 26.7. The molecule has 1 N–H and O–H groups in total. The number of para-hydroxylation sites is 2. The molecule has 3 aromatic carbocycles. The van der Waals surface area contributed by atoms with Gasteiger partial charge in [0.25, 0.3) is 0 Å². The Hall–Kier alpha value is -4.40. The summed E-state index contributed by atoms with van der Waals surface area (Å²) in [5.74, 6) is -1.69. The fourth-order valence-corrected chi connectivity index (χ4v) is 4.19. The second kappa shape index (κ2) is 10.9. The first-order chi connectivity index (χ1) is 18.1. The molecule has 4 aromatic rings. The Morgan fingerprint density at radius 1 is 1.00 bits per heavy atom. The van der Waals surface area contributed by atoms with E-state index in [-0.39, 0.29) is 23.6 Å². The highest BCUT2D eigenvalue weighted by molar-refractivity contribution is 6.08. The smallest absolute Gasteiger partial charge is 0.249 e. The van der Waals surface area contributed by atoms with Crippen molar-refractivity contribution in [2.45, 2.75) is 52.2 Å². The van der Waals surface area contributed by atoms with Crippen LogP contribution in [0, 0.1) is 5.82 Å². The van der Waals surface area contributed by atoms with E-state index in [2.05, 4.69) is 15.6 Å². The summed E-state index contributed by atoms with van der Waals surface area (Å²) in [5.41, 5.74) is 1.63. The normalized spacial score (nSPS) is 12.2. The summed E-state index contributed by atoms with van der Waals surface area (Å²) in [6.07, 6.45) is 0.637. The van der Waals surface area contributed by atoms with Crippen molar-refractivity contribution in [3.05, 3.63) is 89.7 Å². The van der Waals surface area contributed by atoms with E-state index in [0.717, 1.165) is 0 Å². The fourth-order valence-electron chi connectivity index (χ4n) is 4.19. The predicted molar refractivity (Wildman–Crippen MR) is 143 cm³/mol. The van der Waals surface area contributed by atoms with Gasteiger partial charge < -0.3 is 5.32 Å². The standard InChI is InChI=1S/C29H30FN5O3/c1-5-29(3,4)31-28(38)27(20-14-16-21(30)17-15-20)35(24-12-8-6-10-22(24)19(2)36)26(37)18-34-25-13-9-7-11-23(25)32-33-34/h6-17,27H,5,18H2,1-4H3,(H,31,38). The molecule has 0 spiro atoms. The lowest BCUT2D eigenvalue weighted by Crippen LogP contribution is -2.51. The molecule has 0 saturated heterocycles. The fraction of sp³-hybridized carbons (Fsp3) is 0.276. The van der Waals surface area contributed by atoms with E-state index in [1.165, 1.54) is 40.8 Å². The van der Waals surface area contributed by atoms with Gasteiger partial charge in [-0.15, -0.1) is 5.10 Å². The van der Waals surface area contributed by atoms with Gasteiger partial charge >= 0.3 is 0 Å². The molecule has 9 heteroatoms. The van der Waals surface area contributed by atoms with Crippen LogP contribution in [0.3, 0.4) is 0 Å². The summed E-state index contributed by atoms with van der Waals surface area (Å²) < 4.78 is 15.3. The topological polar surface area (TPSA) is 97.2 Å². The van der Waals surface area contributed by atoms with Crippen LogP contribution >= 0.6 is 0 Å². The van der Waals surface area contributed by atoms with Gasteiger partial charge in [0.1, 0.15) is 23.9 Å². The van der Waals surface area contributed by atoms with Gasteiger partial charge in [-0.05, 0) is 69.2 Å². The van der Waals surface area contributed by atoms with Crippen LogP contribution in [0.1, 0.15) is 56.1 Å². The van der Waals surface area contributed by atoms with Crippen molar-refractivity contribution in [1.82, 2.24) is 20.3 Å².